The number of methoxy groups -OCH3 is 1. The van der Waals surface area contributed by atoms with E-state index in [0.29, 0.717) is 17.9 Å². The van der Waals surface area contributed by atoms with Crippen LogP contribution in [-0.2, 0) is 0 Å². The molecule has 1 amide bonds. The number of hydrogen-bond donors (Lipinski definition) is 1. The molecule has 0 unspecified atom stereocenters. The summed E-state index contributed by atoms with van der Waals surface area (Å²) < 4.78 is 10.6. The number of hydrogen-bond acceptors (Lipinski definition) is 4. The van der Waals surface area contributed by atoms with Gasteiger partial charge in [0.1, 0.15) is 11.5 Å². The van der Waals surface area contributed by atoms with Crippen LogP contribution in [-0.4, -0.2) is 25.8 Å². The van der Waals surface area contributed by atoms with Crippen LogP contribution in [0.2, 0.25) is 0 Å². The molecule has 0 spiro atoms. The Morgan fingerprint density at radius 1 is 1.23 bits per heavy atom. The Kier molecular flexibility index (Phi) is 5.54. The fraction of sp³-hybridized carbons (Fsp3) is 0.176. The highest BCUT2D eigenvalue weighted by Crippen LogP contribution is 2.15. The molecule has 0 bridgehead atoms. The zero-order valence-corrected chi connectivity index (χ0v) is 12.6. The Balaban J connectivity index is 2.04. The molecule has 0 aliphatic carbocycles. The number of ether oxygens (including phenoxy) is 2. The predicted molar refractivity (Wildman–Crippen MR) is 85.7 cm³/mol. The average molecular weight is 298 g/mol. The molecular formula is C17H18N2O3. The van der Waals surface area contributed by atoms with Crippen molar-refractivity contribution in [3.63, 3.8) is 0 Å². The average Bonchev–Trinajstić information content (AvgIpc) is 2.56. The Morgan fingerprint density at radius 3 is 2.82 bits per heavy atom. The van der Waals surface area contributed by atoms with Crippen LogP contribution in [0.4, 0.5) is 0 Å². The number of rotatable bonds is 6. The molecule has 114 valence electrons. The van der Waals surface area contributed by atoms with Crippen LogP contribution in [0.25, 0.3) is 0 Å². The zero-order chi connectivity index (χ0) is 15.8. The lowest BCUT2D eigenvalue weighted by Gasteiger charge is -2.06. The third kappa shape index (κ3) is 4.09. The number of carbonyl (C=O) groups is 1. The molecule has 22 heavy (non-hydrogen) atoms. The molecular weight excluding hydrogens is 280 g/mol. The van der Waals surface area contributed by atoms with E-state index in [1.807, 2.05) is 31.2 Å². The van der Waals surface area contributed by atoms with E-state index in [-0.39, 0.29) is 5.91 Å². The van der Waals surface area contributed by atoms with Gasteiger partial charge in [-0.1, -0.05) is 18.2 Å². The lowest BCUT2D eigenvalue weighted by Crippen LogP contribution is -2.17. The fourth-order valence-corrected chi connectivity index (χ4v) is 1.86. The minimum absolute atomic E-state index is 0.302. The summed E-state index contributed by atoms with van der Waals surface area (Å²) in [4.78, 5) is 12.0. The number of hydrazone groups is 1. The van der Waals surface area contributed by atoms with Crippen molar-refractivity contribution < 1.29 is 14.3 Å². The van der Waals surface area contributed by atoms with Gasteiger partial charge >= 0.3 is 0 Å². The minimum Gasteiger partial charge on any atom is -0.497 e. The van der Waals surface area contributed by atoms with Gasteiger partial charge < -0.3 is 9.47 Å². The van der Waals surface area contributed by atoms with Gasteiger partial charge in [0.25, 0.3) is 5.91 Å². The summed E-state index contributed by atoms with van der Waals surface area (Å²) in [5.41, 5.74) is 3.77. The third-order valence-corrected chi connectivity index (χ3v) is 2.92. The fourth-order valence-electron chi connectivity index (χ4n) is 1.86. The SMILES string of the molecule is CCOc1ccccc1/C=N/NC(=O)c1cccc(OC)c1. The van der Waals surface area contributed by atoms with Gasteiger partial charge in [-0.3, -0.25) is 4.79 Å². The molecule has 5 nitrogen and oxygen atoms in total. The normalized spacial score (nSPS) is 10.5. The van der Waals surface area contributed by atoms with Gasteiger partial charge in [0.05, 0.1) is 19.9 Å². The van der Waals surface area contributed by atoms with Crippen LogP contribution in [0.15, 0.2) is 53.6 Å². The van der Waals surface area contributed by atoms with E-state index in [2.05, 4.69) is 10.5 Å². The summed E-state index contributed by atoms with van der Waals surface area (Å²) in [5, 5.41) is 3.97. The molecule has 2 aromatic carbocycles. The molecule has 0 fully saturated rings. The molecule has 0 atom stereocenters. The van der Waals surface area contributed by atoms with Crippen LogP contribution >= 0.6 is 0 Å². The number of nitrogens with zero attached hydrogens (tertiary/aromatic N) is 1. The second kappa shape index (κ2) is 7.83. The lowest BCUT2D eigenvalue weighted by molar-refractivity contribution is 0.0955. The summed E-state index contributed by atoms with van der Waals surface area (Å²) in [5.74, 6) is 1.05. The van der Waals surface area contributed by atoms with Crippen molar-refractivity contribution in [3.8, 4) is 11.5 Å². The van der Waals surface area contributed by atoms with E-state index in [4.69, 9.17) is 9.47 Å². The van der Waals surface area contributed by atoms with Gasteiger partial charge in [-0.05, 0) is 37.3 Å². The maximum atomic E-state index is 12.0. The molecule has 0 aliphatic rings. The Hall–Kier alpha value is -2.82. The van der Waals surface area contributed by atoms with Crippen molar-refractivity contribution in [2.75, 3.05) is 13.7 Å². The summed E-state index contributed by atoms with van der Waals surface area (Å²) in [6.45, 7) is 2.49. The van der Waals surface area contributed by atoms with E-state index in [0.717, 1.165) is 11.3 Å². The first kappa shape index (κ1) is 15.6. The third-order valence-electron chi connectivity index (χ3n) is 2.92. The van der Waals surface area contributed by atoms with E-state index < -0.39 is 0 Å². The summed E-state index contributed by atoms with van der Waals surface area (Å²) >= 11 is 0. The van der Waals surface area contributed by atoms with Gasteiger partial charge in [0.15, 0.2) is 0 Å². The molecule has 0 aliphatic heterocycles. The van der Waals surface area contributed by atoms with Crippen molar-refractivity contribution in [2.24, 2.45) is 5.10 Å². The summed E-state index contributed by atoms with van der Waals surface area (Å²) in [6.07, 6.45) is 1.56. The van der Waals surface area contributed by atoms with Crippen LogP contribution in [0.3, 0.4) is 0 Å². The molecule has 5 heteroatoms. The highest BCUT2D eigenvalue weighted by atomic mass is 16.5. The maximum absolute atomic E-state index is 12.0. The lowest BCUT2D eigenvalue weighted by atomic mass is 10.2. The van der Waals surface area contributed by atoms with Crippen LogP contribution in [0.5, 0.6) is 11.5 Å². The molecule has 2 aromatic rings. The van der Waals surface area contributed by atoms with E-state index in [9.17, 15) is 4.79 Å². The molecule has 0 saturated carbocycles. The van der Waals surface area contributed by atoms with Gasteiger partial charge in [-0.25, -0.2) is 5.43 Å². The molecule has 0 aromatic heterocycles. The molecule has 2 rings (SSSR count). The Bertz CT molecular complexity index is 668. The first-order valence-electron chi connectivity index (χ1n) is 6.94. The summed E-state index contributed by atoms with van der Waals surface area (Å²) in [7, 11) is 1.56. The number of benzene rings is 2. The van der Waals surface area contributed by atoms with Crippen molar-refractivity contribution in [1.82, 2.24) is 5.43 Å². The van der Waals surface area contributed by atoms with E-state index in [1.54, 1.807) is 37.6 Å². The standard InChI is InChI=1S/C17H18N2O3/c1-3-22-16-10-5-4-7-14(16)12-18-19-17(20)13-8-6-9-15(11-13)21-2/h4-12H,3H2,1-2H3,(H,19,20)/b18-12+. The highest BCUT2D eigenvalue weighted by Gasteiger charge is 2.05. The number of carbonyl (C=O) groups excluding carboxylic acids is 1. The number of amides is 1. The molecule has 1 N–H and O–H groups in total. The highest BCUT2D eigenvalue weighted by molar-refractivity contribution is 5.95. The van der Waals surface area contributed by atoms with Gasteiger partial charge in [-0.2, -0.15) is 5.10 Å². The molecule has 0 saturated heterocycles. The summed E-state index contributed by atoms with van der Waals surface area (Å²) in [6, 6.07) is 14.4. The Morgan fingerprint density at radius 2 is 2.05 bits per heavy atom. The van der Waals surface area contributed by atoms with Crippen molar-refractivity contribution in [1.29, 1.82) is 0 Å². The zero-order valence-electron chi connectivity index (χ0n) is 12.6. The predicted octanol–water partition coefficient (Wildman–Crippen LogP) is 2.86. The van der Waals surface area contributed by atoms with Crippen molar-refractivity contribution in [3.05, 3.63) is 59.7 Å². The van der Waals surface area contributed by atoms with Gasteiger partial charge in [0.2, 0.25) is 0 Å². The van der Waals surface area contributed by atoms with Gasteiger partial charge in [0, 0.05) is 11.1 Å². The van der Waals surface area contributed by atoms with E-state index >= 15 is 0 Å². The largest absolute Gasteiger partial charge is 0.497 e. The number of nitrogens with one attached hydrogen (secondary N) is 1. The molecule has 0 radical (unpaired) electrons. The first-order valence-corrected chi connectivity index (χ1v) is 6.94. The maximum Gasteiger partial charge on any atom is 0.271 e. The van der Waals surface area contributed by atoms with Crippen molar-refractivity contribution >= 4 is 12.1 Å². The van der Waals surface area contributed by atoms with Crippen LogP contribution in [0, 0.1) is 0 Å². The second-order valence-electron chi connectivity index (χ2n) is 4.40. The smallest absolute Gasteiger partial charge is 0.271 e. The molecule has 0 heterocycles. The van der Waals surface area contributed by atoms with Crippen LogP contribution in [0.1, 0.15) is 22.8 Å². The van der Waals surface area contributed by atoms with Crippen LogP contribution < -0.4 is 14.9 Å². The topological polar surface area (TPSA) is 59.9 Å². The second-order valence-corrected chi connectivity index (χ2v) is 4.40. The van der Waals surface area contributed by atoms with Crippen molar-refractivity contribution in [2.45, 2.75) is 6.92 Å². The van der Waals surface area contributed by atoms with E-state index in [1.165, 1.54) is 0 Å². The minimum atomic E-state index is -0.302. The monoisotopic (exact) mass is 298 g/mol. The first-order chi connectivity index (χ1) is 10.7. The number of para-hydroxylation sites is 1. The van der Waals surface area contributed by atoms with Gasteiger partial charge in [-0.15, -0.1) is 0 Å². The quantitative estimate of drug-likeness (QED) is 0.659. The Labute approximate surface area is 129 Å².